The Bertz CT molecular complexity index is 345. The van der Waals surface area contributed by atoms with Crippen LogP contribution in [0.25, 0.3) is 0 Å². The summed E-state index contributed by atoms with van der Waals surface area (Å²) < 4.78 is 5.57. The Morgan fingerprint density at radius 3 is 2.73 bits per heavy atom. The van der Waals surface area contributed by atoms with Gasteiger partial charge in [0.1, 0.15) is 0 Å². The molecule has 1 saturated carbocycles. The molecule has 0 amide bonds. The summed E-state index contributed by atoms with van der Waals surface area (Å²) in [5.41, 5.74) is 7.01. The zero-order valence-electron chi connectivity index (χ0n) is 9.36. The van der Waals surface area contributed by atoms with Gasteiger partial charge in [0.25, 0.3) is 0 Å². The lowest BCUT2D eigenvalue weighted by Gasteiger charge is -2.14. The Morgan fingerprint density at radius 2 is 2.20 bits per heavy atom. The largest absolute Gasteiger partial charge is 0.475 e. The number of nitrogens with two attached hydrogens (primary N) is 1. The Morgan fingerprint density at radius 1 is 1.47 bits per heavy atom. The second kappa shape index (κ2) is 3.81. The summed E-state index contributed by atoms with van der Waals surface area (Å²) in [5, 5.41) is 0. The van der Waals surface area contributed by atoms with E-state index >= 15 is 0 Å². The highest BCUT2D eigenvalue weighted by atomic mass is 16.5. The van der Waals surface area contributed by atoms with Gasteiger partial charge in [-0.2, -0.15) is 0 Å². The molecule has 1 fully saturated rings. The molecule has 0 aliphatic heterocycles. The summed E-state index contributed by atoms with van der Waals surface area (Å²) in [6.07, 6.45) is 2.48. The summed E-state index contributed by atoms with van der Waals surface area (Å²) in [7, 11) is 0. The van der Waals surface area contributed by atoms with Crippen molar-refractivity contribution < 1.29 is 4.74 Å². The molecule has 1 aliphatic rings. The number of pyridine rings is 1. The van der Waals surface area contributed by atoms with Gasteiger partial charge >= 0.3 is 0 Å². The van der Waals surface area contributed by atoms with Gasteiger partial charge in [-0.25, -0.2) is 4.98 Å². The van der Waals surface area contributed by atoms with Crippen molar-refractivity contribution in [2.75, 3.05) is 6.54 Å². The predicted octanol–water partition coefficient (Wildman–Crippen LogP) is 1.86. The van der Waals surface area contributed by atoms with E-state index in [0.717, 1.165) is 18.5 Å². The maximum absolute atomic E-state index is 5.77. The standard InChI is InChI=1S/C12H18N2O/c1-9(2)15-11-5-3-4-10(14-11)12(8-13)6-7-12/h3-5,9H,6-8,13H2,1-2H3. The molecule has 2 N–H and O–H groups in total. The van der Waals surface area contributed by atoms with Crippen molar-refractivity contribution in [2.45, 2.75) is 38.2 Å². The van der Waals surface area contributed by atoms with Crippen molar-refractivity contribution in [3.05, 3.63) is 23.9 Å². The summed E-state index contributed by atoms with van der Waals surface area (Å²) in [4.78, 5) is 4.52. The van der Waals surface area contributed by atoms with Gasteiger partial charge in [-0.05, 0) is 32.8 Å². The zero-order chi connectivity index (χ0) is 10.9. The Balaban J connectivity index is 2.19. The highest BCUT2D eigenvalue weighted by molar-refractivity contribution is 5.28. The minimum Gasteiger partial charge on any atom is -0.475 e. The first kappa shape index (κ1) is 10.4. The molecule has 3 heteroatoms. The number of rotatable bonds is 4. The van der Waals surface area contributed by atoms with E-state index in [1.807, 2.05) is 32.0 Å². The van der Waals surface area contributed by atoms with Crippen molar-refractivity contribution in [2.24, 2.45) is 5.73 Å². The fourth-order valence-corrected chi connectivity index (χ4v) is 1.73. The molecule has 0 aromatic carbocycles. The molecule has 82 valence electrons. The van der Waals surface area contributed by atoms with Crippen LogP contribution in [0.2, 0.25) is 0 Å². The number of nitrogens with zero attached hydrogens (tertiary/aromatic N) is 1. The summed E-state index contributed by atoms with van der Waals surface area (Å²) in [6.45, 7) is 4.69. The molecule has 3 nitrogen and oxygen atoms in total. The van der Waals surface area contributed by atoms with Crippen LogP contribution >= 0.6 is 0 Å². The van der Waals surface area contributed by atoms with Gasteiger partial charge in [-0.3, -0.25) is 0 Å². The third-order valence-corrected chi connectivity index (χ3v) is 2.87. The Hall–Kier alpha value is -1.09. The fraction of sp³-hybridized carbons (Fsp3) is 0.583. The zero-order valence-corrected chi connectivity index (χ0v) is 9.36. The lowest BCUT2D eigenvalue weighted by Crippen LogP contribution is -2.21. The van der Waals surface area contributed by atoms with Gasteiger partial charge in [0, 0.05) is 18.0 Å². The molecule has 0 saturated heterocycles. The van der Waals surface area contributed by atoms with Crippen molar-refractivity contribution in [1.29, 1.82) is 0 Å². The molecule has 0 bridgehead atoms. The second-order valence-electron chi connectivity index (χ2n) is 4.51. The Labute approximate surface area is 90.7 Å². The molecule has 2 rings (SSSR count). The molecular weight excluding hydrogens is 188 g/mol. The first-order chi connectivity index (χ1) is 7.16. The third kappa shape index (κ3) is 2.12. The summed E-state index contributed by atoms with van der Waals surface area (Å²) in [5.74, 6) is 0.710. The van der Waals surface area contributed by atoms with Crippen LogP contribution < -0.4 is 10.5 Å². The minimum absolute atomic E-state index is 0.149. The average Bonchev–Trinajstić information content (AvgIpc) is 2.97. The molecule has 0 atom stereocenters. The van der Waals surface area contributed by atoms with Crippen molar-refractivity contribution >= 4 is 0 Å². The summed E-state index contributed by atoms with van der Waals surface area (Å²) >= 11 is 0. The molecule has 0 spiro atoms. The predicted molar refractivity (Wildman–Crippen MR) is 60.0 cm³/mol. The van der Waals surface area contributed by atoms with Crippen molar-refractivity contribution in [1.82, 2.24) is 4.98 Å². The van der Waals surface area contributed by atoms with Crippen LogP contribution in [0.1, 0.15) is 32.4 Å². The average molecular weight is 206 g/mol. The van der Waals surface area contributed by atoms with E-state index in [1.54, 1.807) is 0 Å². The first-order valence-electron chi connectivity index (χ1n) is 5.50. The highest BCUT2D eigenvalue weighted by Crippen LogP contribution is 2.46. The van der Waals surface area contributed by atoms with Gasteiger partial charge in [0.2, 0.25) is 5.88 Å². The van der Waals surface area contributed by atoms with E-state index in [1.165, 1.54) is 0 Å². The van der Waals surface area contributed by atoms with E-state index in [4.69, 9.17) is 10.5 Å². The molecular formula is C12H18N2O. The fourth-order valence-electron chi connectivity index (χ4n) is 1.73. The van der Waals surface area contributed by atoms with E-state index in [-0.39, 0.29) is 11.5 Å². The van der Waals surface area contributed by atoms with Crippen LogP contribution in [-0.2, 0) is 5.41 Å². The monoisotopic (exact) mass is 206 g/mol. The highest BCUT2D eigenvalue weighted by Gasteiger charge is 2.44. The third-order valence-electron chi connectivity index (χ3n) is 2.87. The van der Waals surface area contributed by atoms with Crippen LogP contribution in [-0.4, -0.2) is 17.6 Å². The SMILES string of the molecule is CC(C)Oc1cccc(C2(CN)CC2)n1. The van der Waals surface area contributed by atoms with E-state index in [0.29, 0.717) is 12.4 Å². The van der Waals surface area contributed by atoms with Gasteiger partial charge in [0.05, 0.1) is 11.8 Å². The minimum atomic E-state index is 0.149. The maximum Gasteiger partial charge on any atom is 0.213 e. The quantitative estimate of drug-likeness (QED) is 0.818. The molecule has 0 radical (unpaired) electrons. The normalized spacial score (nSPS) is 17.9. The van der Waals surface area contributed by atoms with Crippen LogP contribution in [0.5, 0.6) is 5.88 Å². The van der Waals surface area contributed by atoms with Gasteiger partial charge in [0.15, 0.2) is 0 Å². The van der Waals surface area contributed by atoms with E-state index in [9.17, 15) is 0 Å². The molecule has 0 unspecified atom stereocenters. The lowest BCUT2D eigenvalue weighted by molar-refractivity contribution is 0.231. The topological polar surface area (TPSA) is 48.1 Å². The van der Waals surface area contributed by atoms with E-state index in [2.05, 4.69) is 4.98 Å². The van der Waals surface area contributed by atoms with Crippen LogP contribution in [0.15, 0.2) is 18.2 Å². The first-order valence-corrected chi connectivity index (χ1v) is 5.50. The lowest BCUT2D eigenvalue weighted by atomic mass is 10.0. The molecule has 1 aromatic heterocycles. The Kier molecular flexibility index (Phi) is 2.65. The number of ether oxygens (including phenoxy) is 1. The van der Waals surface area contributed by atoms with Crippen LogP contribution in [0, 0.1) is 0 Å². The second-order valence-corrected chi connectivity index (χ2v) is 4.51. The molecule has 1 aliphatic carbocycles. The summed E-state index contributed by atoms with van der Waals surface area (Å²) in [6, 6.07) is 5.94. The molecule has 1 aromatic rings. The number of hydrogen-bond acceptors (Lipinski definition) is 3. The smallest absolute Gasteiger partial charge is 0.213 e. The van der Waals surface area contributed by atoms with Crippen molar-refractivity contribution in [3.63, 3.8) is 0 Å². The van der Waals surface area contributed by atoms with Crippen LogP contribution in [0.4, 0.5) is 0 Å². The number of aromatic nitrogens is 1. The number of hydrogen-bond donors (Lipinski definition) is 1. The molecule has 15 heavy (non-hydrogen) atoms. The van der Waals surface area contributed by atoms with Crippen LogP contribution in [0.3, 0.4) is 0 Å². The molecule has 1 heterocycles. The van der Waals surface area contributed by atoms with Gasteiger partial charge in [-0.1, -0.05) is 6.07 Å². The maximum atomic E-state index is 5.77. The van der Waals surface area contributed by atoms with Gasteiger partial charge in [-0.15, -0.1) is 0 Å². The van der Waals surface area contributed by atoms with Gasteiger partial charge < -0.3 is 10.5 Å². The van der Waals surface area contributed by atoms with E-state index < -0.39 is 0 Å². The van der Waals surface area contributed by atoms with Crippen molar-refractivity contribution in [3.8, 4) is 5.88 Å².